The third-order valence-electron chi connectivity index (χ3n) is 1.76. The van der Waals surface area contributed by atoms with Gasteiger partial charge < -0.3 is 0 Å². The van der Waals surface area contributed by atoms with E-state index in [4.69, 9.17) is 5.26 Å². The van der Waals surface area contributed by atoms with E-state index in [1.807, 2.05) is 5.38 Å². The summed E-state index contributed by atoms with van der Waals surface area (Å²) in [5.41, 5.74) is 0.734. The number of thiophene rings is 2. The number of rotatable bonds is 1. The summed E-state index contributed by atoms with van der Waals surface area (Å²) in [7, 11) is 0. The van der Waals surface area contributed by atoms with Crippen LogP contribution in [0.25, 0.3) is 9.40 Å². The zero-order valence-corrected chi connectivity index (χ0v) is 8.46. The van der Waals surface area contributed by atoms with Crippen molar-refractivity contribution in [3.63, 3.8) is 0 Å². The minimum Gasteiger partial charge on any atom is -0.294 e. The predicted octanol–water partition coefficient (Wildman–Crippen LogP) is 3.04. The van der Waals surface area contributed by atoms with Gasteiger partial charge in [-0.2, -0.15) is 5.26 Å². The molecule has 0 bridgehead atoms. The summed E-state index contributed by atoms with van der Waals surface area (Å²) in [5.74, 6) is 0.0635. The molecule has 0 aliphatic carbocycles. The second-order valence-corrected chi connectivity index (χ2v) is 4.82. The maximum Gasteiger partial charge on any atom is 0.161 e. The van der Waals surface area contributed by atoms with Crippen molar-refractivity contribution in [3.05, 3.63) is 21.9 Å². The molecule has 0 unspecified atom stereocenters. The molecule has 2 aromatic rings. The SMILES string of the molecule is CC(=O)c1csc2sc(C#N)cc12. The molecular weight excluding hydrogens is 202 g/mol. The molecule has 0 aromatic carbocycles. The van der Waals surface area contributed by atoms with Gasteiger partial charge in [0.1, 0.15) is 10.9 Å². The van der Waals surface area contributed by atoms with Crippen molar-refractivity contribution < 1.29 is 4.79 Å². The summed E-state index contributed by atoms with van der Waals surface area (Å²) >= 11 is 2.97. The minimum absolute atomic E-state index is 0.0635. The van der Waals surface area contributed by atoms with Crippen molar-refractivity contribution in [2.75, 3.05) is 0 Å². The molecular formula is C9H5NOS2. The van der Waals surface area contributed by atoms with Crippen molar-refractivity contribution in [2.45, 2.75) is 6.92 Å². The Hall–Kier alpha value is -1.18. The maximum atomic E-state index is 11.1. The van der Waals surface area contributed by atoms with E-state index in [-0.39, 0.29) is 5.78 Å². The number of Topliss-reactive ketones (excluding diaryl/α,β-unsaturated/α-hetero) is 1. The quantitative estimate of drug-likeness (QED) is 0.674. The van der Waals surface area contributed by atoms with Gasteiger partial charge in [0.25, 0.3) is 0 Å². The standard InChI is InChI=1S/C9H5NOS2/c1-5(11)8-4-12-9-7(8)2-6(3-10)13-9/h2,4H,1H3. The number of nitrogens with zero attached hydrogens (tertiary/aromatic N) is 1. The number of fused-ring (bicyclic) bond motifs is 1. The predicted molar refractivity (Wildman–Crippen MR) is 54.4 cm³/mol. The second-order valence-electron chi connectivity index (χ2n) is 2.63. The van der Waals surface area contributed by atoms with Crippen LogP contribution in [0.4, 0.5) is 0 Å². The van der Waals surface area contributed by atoms with E-state index in [0.717, 1.165) is 15.0 Å². The topological polar surface area (TPSA) is 40.9 Å². The van der Waals surface area contributed by atoms with Gasteiger partial charge >= 0.3 is 0 Å². The van der Waals surface area contributed by atoms with Gasteiger partial charge in [-0.25, -0.2) is 0 Å². The first-order valence-electron chi connectivity index (χ1n) is 3.64. The third-order valence-corrected chi connectivity index (χ3v) is 3.92. The molecule has 2 heterocycles. The Morgan fingerprint density at radius 2 is 2.38 bits per heavy atom. The van der Waals surface area contributed by atoms with Crippen LogP contribution in [0.15, 0.2) is 11.4 Å². The normalized spacial score (nSPS) is 10.2. The van der Waals surface area contributed by atoms with Crippen LogP contribution in [-0.2, 0) is 0 Å². The molecule has 0 radical (unpaired) electrons. The molecule has 2 aromatic heterocycles. The van der Waals surface area contributed by atoms with Gasteiger partial charge in [0.15, 0.2) is 5.78 Å². The summed E-state index contributed by atoms with van der Waals surface area (Å²) in [6.07, 6.45) is 0. The van der Waals surface area contributed by atoms with Gasteiger partial charge in [-0.1, -0.05) is 0 Å². The number of nitriles is 1. The fraction of sp³-hybridized carbons (Fsp3) is 0.111. The highest BCUT2D eigenvalue weighted by molar-refractivity contribution is 7.38. The molecule has 0 saturated carbocycles. The van der Waals surface area contributed by atoms with Gasteiger partial charge in [-0.05, 0) is 13.0 Å². The molecule has 64 valence electrons. The fourth-order valence-electron chi connectivity index (χ4n) is 1.15. The Bertz CT molecular complexity index is 515. The van der Waals surface area contributed by atoms with Gasteiger partial charge in [-0.3, -0.25) is 4.79 Å². The first kappa shape index (κ1) is 8.42. The van der Waals surface area contributed by atoms with Crippen LogP contribution < -0.4 is 0 Å². The number of carbonyl (C=O) groups excluding carboxylic acids is 1. The molecule has 0 spiro atoms. The lowest BCUT2D eigenvalue weighted by Crippen LogP contribution is -1.87. The number of carbonyl (C=O) groups is 1. The monoisotopic (exact) mass is 207 g/mol. The van der Waals surface area contributed by atoms with Crippen molar-refractivity contribution in [1.29, 1.82) is 5.26 Å². The van der Waals surface area contributed by atoms with E-state index in [1.165, 1.54) is 22.7 Å². The fourth-order valence-corrected chi connectivity index (χ4v) is 3.27. The lowest BCUT2D eigenvalue weighted by molar-refractivity contribution is 0.101. The highest BCUT2D eigenvalue weighted by Gasteiger charge is 2.11. The highest BCUT2D eigenvalue weighted by atomic mass is 32.2. The Morgan fingerprint density at radius 1 is 1.62 bits per heavy atom. The Morgan fingerprint density at radius 3 is 3.00 bits per heavy atom. The van der Waals surface area contributed by atoms with E-state index in [9.17, 15) is 4.79 Å². The zero-order chi connectivity index (χ0) is 9.42. The lowest BCUT2D eigenvalue weighted by Gasteiger charge is -1.85. The number of ketones is 1. The molecule has 0 N–H and O–H groups in total. The largest absolute Gasteiger partial charge is 0.294 e. The first-order valence-corrected chi connectivity index (χ1v) is 5.34. The van der Waals surface area contributed by atoms with Gasteiger partial charge in [0.2, 0.25) is 0 Å². The average Bonchev–Trinajstić information content (AvgIpc) is 2.59. The Balaban J connectivity index is 2.74. The zero-order valence-electron chi connectivity index (χ0n) is 6.83. The molecule has 0 amide bonds. The summed E-state index contributed by atoms with van der Waals surface area (Å²) in [6, 6.07) is 3.87. The second kappa shape index (κ2) is 2.95. The van der Waals surface area contributed by atoms with Crippen molar-refractivity contribution in [1.82, 2.24) is 0 Å². The third kappa shape index (κ3) is 1.26. The number of hydrogen-bond acceptors (Lipinski definition) is 4. The van der Waals surface area contributed by atoms with E-state index in [2.05, 4.69) is 6.07 Å². The molecule has 4 heteroatoms. The summed E-state index contributed by atoms with van der Waals surface area (Å²) < 4.78 is 1.06. The van der Waals surface area contributed by atoms with Crippen LogP contribution in [0.1, 0.15) is 22.2 Å². The van der Waals surface area contributed by atoms with Gasteiger partial charge in [0.05, 0.1) is 4.01 Å². The molecule has 0 saturated heterocycles. The first-order chi connectivity index (χ1) is 6.22. The molecule has 0 aliphatic heterocycles. The Labute approximate surface area is 83.0 Å². The van der Waals surface area contributed by atoms with Crippen LogP contribution in [-0.4, -0.2) is 5.78 Å². The molecule has 13 heavy (non-hydrogen) atoms. The van der Waals surface area contributed by atoms with Crippen molar-refractivity contribution in [3.8, 4) is 6.07 Å². The van der Waals surface area contributed by atoms with Crippen molar-refractivity contribution in [2.24, 2.45) is 0 Å². The van der Waals surface area contributed by atoms with Crippen LogP contribution in [0.2, 0.25) is 0 Å². The van der Waals surface area contributed by atoms with E-state index >= 15 is 0 Å². The van der Waals surface area contributed by atoms with Crippen molar-refractivity contribution >= 4 is 37.9 Å². The smallest absolute Gasteiger partial charge is 0.161 e. The van der Waals surface area contributed by atoms with E-state index in [1.54, 1.807) is 13.0 Å². The van der Waals surface area contributed by atoms with Crippen LogP contribution >= 0.6 is 22.7 Å². The number of hydrogen-bond donors (Lipinski definition) is 0. The van der Waals surface area contributed by atoms with E-state index in [0.29, 0.717) is 4.88 Å². The maximum absolute atomic E-state index is 11.1. The minimum atomic E-state index is 0.0635. The van der Waals surface area contributed by atoms with Crippen LogP contribution in [0.3, 0.4) is 0 Å². The molecule has 0 fully saturated rings. The van der Waals surface area contributed by atoms with Crippen LogP contribution in [0, 0.1) is 11.3 Å². The molecule has 0 atom stereocenters. The van der Waals surface area contributed by atoms with E-state index < -0.39 is 0 Å². The Kier molecular flexibility index (Phi) is 1.91. The lowest BCUT2D eigenvalue weighted by atomic mass is 10.2. The van der Waals surface area contributed by atoms with Gasteiger partial charge in [0, 0.05) is 16.3 Å². The average molecular weight is 207 g/mol. The summed E-state index contributed by atoms with van der Waals surface area (Å²) in [6.45, 7) is 1.55. The summed E-state index contributed by atoms with van der Waals surface area (Å²) in [5, 5.41) is 11.4. The molecule has 2 rings (SSSR count). The molecule has 0 aliphatic rings. The highest BCUT2D eigenvalue weighted by Crippen LogP contribution is 2.33. The van der Waals surface area contributed by atoms with Crippen LogP contribution in [0.5, 0.6) is 0 Å². The summed E-state index contributed by atoms with van der Waals surface area (Å²) in [4.78, 5) is 11.8. The van der Waals surface area contributed by atoms with Gasteiger partial charge in [-0.15, -0.1) is 22.7 Å². The molecule has 2 nitrogen and oxygen atoms in total.